The molecule has 2 heterocycles. The van der Waals surface area contributed by atoms with Gasteiger partial charge in [0.1, 0.15) is 0 Å². The zero-order chi connectivity index (χ0) is 17.5. The first-order valence-corrected chi connectivity index (χ1v) is 10.1. The minimum Gasteiger partial charge on any atom is -0.366 e. The lowest BCUT2D eigenvalue weighted by atomic mass is 9.86. The van der Waals surface area contributed by atoms with E-state index in [1.165, 1.54) is 42.1 Å². The summed E-state index contributed by atoms with van der Waals surface area (Å²) in [6, 6.07) is 8.42. The van der Waals surface area contributed by atoms with Gasteiger partial charge in [0.2, 0.25) is 5.91 Å². The number of anilines is 1. The van der Waals surface area contributed by atoms with Crippen LogP contribution in [0.25, 0.3) is 10.8 Å². The number of benzene rings is 1. The van der Waals surface area contributed by atoms with Crippen LogP contribution in [-0.2, 0) is 4.79 Å². The molecule has 1 amide bonds. The lowest BCUT2D eigenvalue weighted by Gasteiger charge is -2.37. The Morgan fingerprint density at radius 1 is 1.04 bits per heavy atom. The van der Waals surface area contributed by atoms with Gasteiger partial charge in [0.25, 0.3) is 0 Å². The van der Waals surface area contributed by atoms with Gasteiger partial charge >= 0.3 is 0 Å². The first kappa shape index (κ1) is 16.1. The quantitative estimate of drug-likeness (QED) is 0.847. The molecule has 0 spiro atoms. The number of carbonyl (C=O) groups is 1. The van der Waals surface area contributed by atoms with Gasteiger partial charge in [-0.15, -0.1) is 0 Å². The maximum absolute atomic E-state index is 12.8. The van der Waals surface area contributed by atoms with Gasteiger partial charge in [-0.1, -0.05) is 30.7 Å². The van der Waals surface area contributed by atoms with Gasteiger partial charge in [0, 0.05) is 49.6 Å². The molecule has 2 aromatic rings. The van der Waals surface area contributed by atoms with Crippen molar-refractivity contribution in [1.29, 1.82) is 0 Å². The van der Waals surface area contributed by atoms with E-state index < -0.39 is 0 Å². The molecule has 0 radical (unpaired) electrons. The van der Waals surface area contributed by atoms with E-state index in [4.69, 9.17) is 0 Å². The second kappa shape index (κ2) is 6.57. The predicted octanol–water partition coefficient (Wildman–Crippen LogP) is 3.71. The highest BCUT2D eigenvalue weighted by Crippen LogP contribution is 2.49. The molecule has 136 valence electrons. The Morgan fingerprint density at radius 3 is 2.65 bits per heavy atom. The van der Waals surface area contributed by atoms with Gasteiger partial charge in [0.05, 0.1) is 11.9 Å². The van der Waals surface area contributed by atoms with Gasteiger partial charge in [-0.25, -0.2) is 0 Å². The average molecular weight is 349 g/mol. The minimum atomic E-state index is 0.387. The van der Waals surface area contributed by atoms with Gasteiger partial charge in [-0.05, 0) is 37.0 Å². The lowest BCUT2D eigenvalue weighted by Crippen LogP contribution is -2.49. The number of rotatable bonds is 3. The first-order chi connectivity index (χ1) is 12.8. The summed E-state index contributed by atoms with van der Waals surface area (Å²) < 4.78 is 0. The molecule has 1 aromatic heterocycles. The van der Waals surface area contributed by atoms with Crippen LogP contribution in [0.5, 0.6) is 0 Å². The monoisotopic (exact) mass is 349 g/mol. The third-order valence-corrected chi connectivity index (χ3v) is 6.94. The van der Waals surface area contributed by atoms with Crippen LogP contribution in [-0.4, -0.2) is 42.0 Å². The highest BCUT2D eigenvalue weighted by atomic mass is 16.2. The number of fused-ring (bicyclic) bond motifs is 3. The number of carbonyl (C=O) groups excluding carboxylic acids is 1. The highest BCUT2D eigenvalue weighted by Gasteiger charge is 2.40. The molecule has 5 rings (SSSR count). The molecule has 3 atom stereocenters. The first-order valence-electron chi connectivity index (χ1n) is 10.1. The smallest absolute Gasteiger partial charge is 0.222 e. The molecule has 2 bridgehead atoms. The second-order valence-corrected chi connectivity index (χ2v) is 8.39. The fourth-order valence-corrected chi connectivity index (χ4v) is 5.53. The zero-order valence-corrected chi connectivity index (χ0v) is 15.3. The van der Waals surface area contributed by atoms with E-state index in [1.54, 1.807) is 0 Å². The summed E-state index contributed by atoms with van der Waals surface area (Å²) >= 11 is 0. The molecule has 26 heavy (non-hydrogen) atoms. The van der Waals surface area contributed by atoms with Crippen LogP contribution in [0.4, 0.5) is 5.69 Å². The number of piperazine rings is 1. The third kappa shape index (κ3) is 2.85. The van der Waals surface area contributed by atoms with E-state index in [0.29, 0.717) is 11.8 Å². The van der Waals surface area contributed by atoms with Crippen molar-refractivity contribution in [2.45, 2.75) is 32.1 Å². The molecule has 4 nitrogen and oxygen atoms in total. The molecule has 3 fully saturated rings. The summed E-state index contributed by atoms with van der Waals surface area (Å²) in [7, 11) is 0. The Kier molecular flexibility index (Phi) is 4.07. The summed E-state index contributed by atoms with van der Waals surface area (Å²) in [5.74, 6) is 2.82. The molecule has 2 saturated carbocycles. The van der Waals surface area contributed by atoms with Crippen LogP contribution >= 0.6 is 0 Å². The van der Waals surface area contributed by atoms with Gasteiger partial charge in [0.15, 0.2) is 0 Å². The van der Waals surface area contributed by atoms with Gasteiger partial charge in [-0.2, -0.15) is 0 Å². The molecule has 0 N–H and O–H groups in total. The summed E-state index contributed by atoms with van der Waals surface area (Å²) in [5.41, 5.74) is 1.20. The van der Waals surface area contributed by atoms with Crippen molar-refractivity contribution in [3.05, 3.63) is 36.7 Å². The SMILES string of the molecule is O=C(C[C@H]1C[C@H]2CC[C@H]1C2)N1CCN(c2cncc3ccccc23)CC1. The molecular weight excluding hydrogens is 322 g/mol. The number of hydrogen-bond donors (Lipinski definition) is 0. The van der Waals surface area contributed by atoms with Crippen LogP contribution in [0.15, 0.2) is 36.7 Å². The number of pyridine rings is 1. The molecular formula is C22H27N3O. The molecule has 1 saturated heterocycles. The lowest BCUT2D eigenvalue weighted by molar-refractivity contribution is -0.132. The second-order valence-electron chi connectivity index (χ2n) is 8.39. The van der Waals surface area contributed by atoms with Crippen molar-refractivity contribution in [2.24, 2.45) is 17.8 Å². The summed E-state index contributed by atoms with van der Waals surface area (Å²) in [5, 5.41) is 2.43. The summed E-state index contributed by atoms with van der Waals surface area (Å²) in [6.07, 6.45) is 10.1. The normalized spacial score (nSPS) is 28.1. The Balaban J connectivity index is 1.22. The van der Waals surface area contributed by atoms with Crippen LogP contribution in [0.3, 0.4) is 0 Å². The summed E-state index contributed by atoms with van der Waals surface area (Å²) in [4.78, 5) is 21.7. The number of nitrogens with zero attached hydrogens (tertiary/aromatic N) is 3. The molecule has 3 aliphatic rings. The van der Waals surface area contributed by atoms with Gasteiger partial charge in [-0.3, -0.25) is 9.78 Å². The minimum absolute atomic E-state index is 0.387. The fraction of sp³-hybridized carbons (Fsp3) is 0.545. The Hall–Kier alpha value is -2.10. The van der Waals surface area contributed by atoms with Crippen molar-refractivity contribution < 1.29 is 4.79 Å². The van der Waals surface area contributed by atoms with Crippen LogP contribution in [0.2, 0.25) is 0 Å². The highest BCUT2D eigenvalue weighted by molar-refractivity contribution is 5.93. The van der Waals surface area contributed by atoms with Crippen molar-refractivity contribution in [3.63, 3.8) is 0 Å². The molecule has 4 heteroatoms. The van der Waals surface area contributed by atoms with Gasteiger partial charge < -0.3 is 9.80 Å². The zero-order valence-electron chi connectivity index (χ0n) is 15.3. The standard InChI is InChI=1S/C22H27N3O/c26-22(13-19-12-16-5-6-17(19)11-16)25-9-7-24(8-10-25)21-15-23-14-18-3-1-2-4-20(18)21/h1-4,14-17,19H,5-13H2/t16-,17-,19+/m0/s1. The van der Waals surface area contributed by atoms with E-state index in [9.17, 15) is 4.79 Å². The topological polar surface area (TPSA) is 36.4 Å². The van der Waals surface area contributed by atoms with E-state index in [-0.39, 0.29) is 0 Å². The molecule has 1 aromatic carbocycles. The predicted molar refractivity (Wildman–Crippen MR) is 104 cm³/mol. The van der Waals surface area contributed by atoms with E-state index in [0.717, 1.165) is 44.4 Å². The van der Waals surface area contributed by atoms with E-state index in [1.807, 2.05) is 12.4 Å². The van der Waals surface area contributed by atoms with Crippen molar-refractivity contribution in [3.8, 4) is 0 Å². The Bertz CT molecular complexity index is 807. The molecule has 0 unspecified atom stereocenters. The van der Waals surface area contributed by atoms with Crippen LogP contribution < -0.4 is 4.90 Å². The maximum atomic E-state index is 12.8. The van der Waals surface area contributed by atoms with E-state index in [2.05, 4.69) is 39.0 Å². The third-order valence-electron chi connectivity index (χ3n) is 6.94. The Morgan fingerprint density at radius 2 is 1.88 bits per heavy atom. The van der Waals surface area contributed by atoms with Crippen molar-refractivity contribution in [2.75, 3.05) is 31.1 Å². The van der Waals surface area contributed by atoms with Crippen molar-refractivity contribution in [1.82, 2.24) is 9.88 Å². The van der Waals surface area contributed by atoms with Crippen LogP contribution in [0.1, 0.15) is 32.1 Å². The van der Waals surface area contributed by atoms with Crippen LogP contribution in [0, 0.1) is 17.8 Å². The Labute approximate surface area is 155 Å². The number of amides is 1. The average Bonchev–Trinajstić information content (AvgIpc) is 3.31. The van der Waals surface area contributed by atoms with E-state index >= 15 is 0 Å². The summed E-state index contributed by atoms with van der Waals surface area (Å²) in [6.45, 7) is 3.47. The molecule has 2 aliphatic carbocycles. The maximum Gasteiger partial charge on any atom is 0.222 e. The fourth-order valence-electron chi connectivity index (χ4n) is 5.53. The molecule has 1 aliphatic heterocycles. The number of aromatic nitrogens is 1. The van der Waals surface area contributed by atoms with Crippen molar-refractivity contribution >= 4 is 22.4 Å². The number of hydrogen-bond acceptors (Lipinski definition) is 3. The largest absolute Gasteiger partial charge is 0.366 e.